The van der Waals surface area contributed by atoms with Crippen molar-refractivity contribution in [1.29, 1.82) is 0 Å². The summed E-state index contributed by atoms with van der Waals surface area (Å²) in [5.74, 6) is 0.933. The topological polar surface area (TPSA) is 24.9 Å². The summed E-state index contributed by atoms with van der Waals surface area (Å²) in [6.07, 6.45) is 3.42. The second-order valence-corrected chi connectivity index (χ2v) is 5.27. The Kier molecular flexibility index (Phi) is 3.34. The van der Waals surface area contributed by atoms with Gasteiger partial charge in [-0.3, -0.25) is 0 Å². The summed E-state index contributed by atoms with van der Waals surface area (Å²) in [6, 6.07) is 8.45. The Balaban J connectivity index is 1.62. The van der Waals surface area contributed by atoms with E-state index in [0.29, 0.717) is 0 Å². The van der Waals surface area contributed by atoms with E-state index >= 15 is 0 Å². The molecule has 0 amide bonds. The Morgan fingerprint density at radius 2 is 2.16 bits per heavy atom. The lowest BCUT2D eigenvalue weighted by Crippen LogP contribution is -2.34. The number of hydrogen-bond acceptors (Lipinski definition) is 4. The largest absolute Gasteiger partial charge is 0.442 e. The summed E-state index contributed by atoms with van der Waals surface area (Å²) in [6.45, 7) is 1.93. The van der Waals surface area contributed by atoms with Gasteiger partial charge in [-0.15, -0.1) is 0 Å². The highest BCUT2D eigenvalue weighted by molar-refractivity contribution is 5.58. The minimum Gasteiger partial charge on any atom is -0.442 e. The maximum atomic E-state index is 5.89. The normalized spacial score (nSPS) is 21.1. The lowest BCUT2D eigenvalue weighted by molar-refractivity contribution is -0.0332. The first-order chi connectivity index (χ1) is 9.24. The van der Waals surface area contributed by atoms with Gasteiger partial charge in [0.15, 0.2) is 0 Å². The molecule has 4 nitrogen and oxygen atoms in total. The van der Waals surface area contributed by atoms with Crippen molar-refractivity contribution >= 4 is 5.69 Å². The molecule has 102 valence electrons. The maximum absolute atomic E-state index is 5.89. The molecule has 2 aliphatic rings. The number of rotatable bonds is 4. The van der Waals surface area contributed by atoms with Crippen LogP contribution in [0.15, 0.2) is 36.3 Å². The predicted octanol–water partition coefficient (Wildman–Crippen LogP) is 2.17. The molecule has 19 heavy (non-hydrogen) atoms. The molecule has 0 N–H and O–H groups in total. The van der Waals surface area contributed by atoms with Gasteiger partial charge < -0.3 is 19.3 Å². The van der Waals surface area contributed by atoms with Gasteiger partial charge in [0.25, 0.3) is 0 Å². The monoisotopic (exact) mass is 260 g/mol. The van der Waals surface area contributed by atoms with Crippen LogP contribution in [0.25, 0.3) is 0 Å². The summed E-state index contributed by atoms with van der Waals surface area (Å²) in [4.78, 5) is 4.33. The van der Waals surface area contributed by atoms with Crippen LogP contribution in [-0.4, -0.2) is 38.5 Å². The fourth-order valence-electron chi connectivity index (χ4n) is 2.49. The number of ether oxygens (including phenoxy) is 2. The van der Waals surface area contributed by atoms with E-state index < -0.39 is 0 Å². The SMILES string of the molecule is CN(C)CCC1=COC(N2CCc3ccccc32)O1. The molecule has 0 radical (unpaired) electrons. The van der Waals surface area contributed by atoms with Gasteiger partial charge >= 0.3 is 6.41 Å². The number of anilines is 1. The van der Waals surface area contributed by atoms with Crippen LogP contribution in [0.5, 0.6) is 0 Å². The van der Waals surface area contributed by atoms with E-state index in [1.807, 2.05) is 0 Å². The highest BCUT2D eigenvalue weighted by atomic mass is 16.7. The van der Waals surface area contributed by atoms with Crippen LogP contribution in [0.4, 0.5) is 5.69 Å². The molecular weight excluding hydrogens is 240 g/mol. The van der Waals surface area contributed by atoms with E-state index in [9.17, 15) is 0 Å². The molecule has 3 rings (SSSR count). The molecule has 2 aliphatic heterocycles. The fourth-order valence-corrected chi connectivity index (χ4v) is 2.49. The molecule has 1 atom stereocenters. The van der Waals surface area contributed by atoms with Crippen LogP contribution in [0, 0.1) is 0 Å². The first kappa shape index (κ1) is 12.4. The Labute approximate surface area is 114 Å². The quantitative estimate of drug-likeness (QED) is 0.828. The van der Waals surface area contributed by atoms with Crippen LogP contribution in [0.2, 0.25) is 0 Å². The van der Waals surface area contributed by atoms with Crippen molar-refractivity contribution in [2.45, 2.75) is 19.3 Å². The van der Waals surface area contributed by atoms with Crippen molar-refractivity contribution in [2.24, 2.45) is 0 Å². The van der Waals surface area contributed by atoms with Crippen molar-refractivity contribution in [2.75, 3.05) is 32.1 Å². The summed E-state index contributed by atoms with van der Waals surface area (Å²) in [7, 11) is 4.12. The average molecular weight is 260 g/mol. The third-order valence-corrected chi connectivity index (χ3v) is 3.55. The van der Waals surface area contributed by atoms with Gasteiger partial charge in [0.2, 0.25) is 0 Å². The minimum atomic E-state index is -0.291. The van der Waals surface area contributed by atoms with Gasteiger partial charge in [-0.2, -0.15) is 0 Å². The third kappa shape index (κ3) is 2.54. The fraction of sp³-hybridized carbons (Fsp3) is 0.467. The highest BCUT2D eigenvalue weighted by Gasteiger charge is 2.31. The summed E-state index contributed by atoms with van der Waals surface area (Å²) >= 11 is 0. The van der Waals surface area contributed by atoms with Gasteiger partial charge in [-0.1, -0.05) is 18.2 Å². The van der Waals surface area contributed by atoms with Crippen molar-refractivity contribution < 1.29 is 9.47 Å². The number of fused-ring (bicyclic) bond motifs is 1. The molecule has 0 bridgehead atoms. The van der Waals surface area contributed by atoms with Crippen LogP contribution >= 0.6 is 0 Å². The number of hydrogen-bond donors (Lipinski definition) is 0. The summed E-state index contributed by atoms with van der Waals surface area (Å²) in [5.41, 5.74) is 2.60. The van der Waals surface area contributed by atoms with E-state index in [1.54, 1.807) is 6.26 Å². The molecule has 2 heterocycles. The van der Waals surface area contributed by atoms with E-state index in [0.717, 1.165) is 31.7 Å². The molecule has 0 fully saturated rings. The van der Waals surface area contributed by atoms with Gasteiger partial charge in [0.1, 0.15) is 12.0 Å². The minimum absolute atomic E-state index is 0.291. The lowest BCUT2D eigenvalue weighted by atomic mass is 10.2. The molecule has 4 heteroatoms. The van der Waals surface area contributed by atoms with Gasteiger partial charge in [0, 0.05) is 25.2 Å². The maximum Gasteiger partial charge on any atom is 0.326 e. The first-order valence-electron chi connectivity index (χ1n) is 6.74. The molecule has 0 aliphatic carbocycles. The van der Waals surface area contributed by atoms with Crippen LogP contribution in [-0.2, 0) is 15.9 Å². The Bertz CT molecular complexity index is 485. The van der Waals surface area contributed by atoms with Gasteiger partial charge in [-0.05, 0) is 32.1 Å². The Morgan fingerprint density at radius 3 is 3.00 bits per heavy atom. The van der Waals surface area contributed by atoms with Crippen molar-refractivity contribution in [3.63, 3.8) is 0 Å². The zero-order valence-corrected chi connectivity index (χ0v) is 11.5. The van der Waals surface area contributed by atoms with Gasteiger partial charge in [0.05, 0.1) is 0 Å². The average Bonchev–Trinajstić information content (AvgIpc) is 3.02. The highest BCUT2D eigenvalue weighted by Crippen LogP contribution is 2.32. The molecule has 0 spiro atoms. The molecule has 0 saturated heterocycles. The number of benzene rings is 1. The van der Waals surface area contributed by atoms with Crippen LogP contribution in [0.1, 0.15) is 12.0 Å². The van der Waals surface area contributed by atoms with Crippen molar-refractivity contribution in [3.8, 4) is 0 Å². The first-order valence-corrected chi connectivity index (χ1v) is 6.74. The van der Waals surface area contributed by atoms with E-state index in [2.05, 4.69) is 48.2 Å². The van der Waals surface area contributed by atoms with E-state index in [1.165, 1.54) is 11.3 Å². The standard InChI is InChI=1S/C15H20N2O2/c1-16(2)9-8-13-11-18-15(19-13)17-10-7-12-5-3-4-6-14(12)17/h3-6,11,15H,7-10H2,1-2H3. The molecule has 0 aromatic heterocycles. The van der Waals surface area contributed by atoms with E-state index in [4.69, 9.17) is 9.47 Å². The molecule has 1 aromatic carbocycles. The zero-order chi connectivity index (χ0) is 13.2. The van der Waals surface area contributed by atoms with Crippen LogP contribution in [0.3, 0.4) is 0 Å². The Hall–Kier alpha value is -1.68. The number of nitrogens with zero attached hydrogens (tertiary/aromatic N) is 2. The Morgan fingerprint density at radius 1 is 1.32 bits per heavy atom. The second kappa shape index (κ2) is 5.13. The van der Waals surface area contributed by atoms with Gasteiger partial charge in [-0.25, -0.2) is 0 Å². The second-order valence-electron chi connectivity index (χ2n) is 5.27. The lowest BCUT2D eigenvalue weighted by Gasteiger charge is -2.25. The third-order valence-electron chi connectivity index (χ3n) is 3.55. The molecule has 1 aromatic rings. The number of para-hydroxylation sites is 1. The van der Waals surface area contributed by atoms with E-state index in [-0.39, 0.29) is 6.41 Å². The molecule has 0 saturated carbocycles. The summed E-state index contributed by atoms with van der Waals surface area (Å²) in [5, 5.41) is 0. The molecular formula is C15H20N2O2. The zero-order valence-electron chi connectivity index (χ0n) is 11.5. The summed E-state index contributed by atoms with van der Waals surface area (Å²) < 4.78 is 11.6. The smallest absolute Gasteiger partial charge is 0.326 e. The van der Waals surface area contributed by atoms with Crippen molar-refractivity contribution in [3.05, 3.63) is 41.9 Å². The van der Waals surface area contributed by atoms with Crippen molar-refractivity contribution in [1.82, 2.24) is 4.90 Å². The molecule has 1 unspecified atom stereocenters. The predicted molar refractivity (Wildman–Crippen MR) is 74.7 cm³/mol. The van der Waals surface area contributed by atoms with Crippen LogP contribution < -0.4 is 4.90 Å².